The minimum atomic E-state index is 0.132. The van der Waals surface area contributed by atoms with E-state index in [0.717, 1.165) is 18.8 Å². The molecule has 0 aliphatic heterocycles. The van der Waals surface area contributed by atoms with Gasteiger partial charge in [-0.3, -0.25) is 4.79 Å². The van der Waals surface area contributed by atoms with Gasteiger partial charge in [-0.05, 0) is 38.3 Å². The Morgan fingerprint density at radius 2 is 2.40 bits per heavy atom. The van der Waals surface area contributed by atoms with Crippen molar-refractivity contribution in [3.8, 4) is 0 Å². The fourth-order valence-corrected chi connectivity index (χ4v) is 3.60. The van der Waals surface area contributed by atoms with Gasteiger partial charge in [-0.1, -0.05) is 6.42 Å². The van der Waals surface area contributed by atoms with Crippen LogP contribution in [0.4, 0.5) is 0 Å². The van der Waals surface area contributed by atoms with Crippen LogP contribution >= 0.6 is 0 Å². The lowest BCUT2D eigenvalue weighted by molar-refractivity contribution is -0.175. The van der Waals surface area contributed by atoms with Crippen LogP contribution in [-0.4, -0.2) is 24.7 Å². The summed E-state index contributed by atoms with van der Waals surface area (Å²) in [7, 11) is 0. The third-order valence-electron chi connectivity index (χ3n) is 4.95. The quantitative estimate of drug-likeness (QED) is 0.869. The van der Waals surface area contributed by atoms with E-state index >= 15 is 0 Å². The predicted octanol–water partition coefficient (Wildman–Crippen LogP) is 2.68. The number of ether oxygens (including phenoxy) is 1. The van der Waals surface area contributed by atoms with E-state index in [1.165, 1.54) is 19.3 Å². The van der Waals surface area contributed by atoms with Crippen LogP contribution in [0.25, 0.3) is 0 Å². The lowest BCUT2D eigenvalue weighted by atomic mass is 9.51. The van der Waals surface area contributed by atoms with Crippen LogP contribution in [0.5, 0.6) is 0 Å². The number of hydrogen-bond donors (Lipinski definition) is 1. The average Bonchev–Trinajstić information content (AvgIpc) is 2.86. The van der Waals surface area contributed by atoms with Gasteiger partial charge in [-0.15, -0.1) is 0 Å². The SMILES string of the molecule is CCO[C@H]1C[C@H](NC(=O)CCc2ccco2)C12CCC2. The van der Waals surface area contributed by atoms with Crippen LogP contribution in [0.3, 0.4) is 0 Å². The molecule has 4 nitrogen and oxygen atoms in total. The number of rotatable bonds is 6. The number of nitrogens with one attached hydrogen (secondary N) is 1. The van der Waals surface area contributed by atoms with Gasteiger partial charge in [0.2, 0.25) is 5.91 Å². The van der Waals surface area contributed by atoms with Crippen molar-refractivity contribution in [2.24, 2.45) is 5.41 Å². The van der Waals surface area contributed by atoms with Gasteiger partial charge < -0.3 is 14.5 Å². The Labute approximate surface area is 119 Å². The molecule has 0 saturated heterocycles. The molecular weight excluding hydrogens is 254 g/mol. The zero-order chi connectivity index (χ0) is 14.0. The van der Waals surface area contributed by atoms with Crippen molar-refractivity contribution in [2.75, 3.05) is 6.61 Å². The molecule has 2 fully saturated rings. The molecule has 0 radical (unpaired) electrons. The van der Waals surface area contributed by atoms with Gasteiger partial charge in [-0.2, -0.15) is 0 Å². The number of amides is 1. The molecule has 2 atom stereocenters. The summed E-state index contributed by atoms with van der Waals surface area (Å²) < 4.78 is 11.1. The molecule has 2 aliphatic carbocycles. The Balaban J connectivity index is 1.47. The van der Waals surface area contributed by atoms with E-state index in [0.29, 0.717) is 25.0 Å². The van der Waals surface area contributed by atoms with E-state index in [-0.39, 0.29) is 11.3 Å². The van der Waals surface area contributed by atoms with Crippen molar-refractivity contribution in [1.29, 1.82) is 0 Å². The van der Waals surface area contributed by atoms with Crippen LogP contribution in [0.15, 0.2) is 22.8 Å². The summed E-state index contributed by atoms with van der Waals surface area (Å²) in [5.74, 6) is 1.01. The highest BCUT2D eigenvalue weighted by Gasteiger charge is 2.59. The highest BCUT2D eigenvalue weighted by molar-refractivity contribution is 5.76. The van der Waals surface area contributed by atoms with E-state index in [4.69, 9.17) is 9.15 Å². The minimum absolute atomic E-state index is 0.132. The van der Waals surface area contributed by atoms with Crippen LogP contribution in [-0.2, 0) is 16.0 Å². The average molecular weight is 277 g/mol. The van der Waals surface area contributed by atoms with Crippen LogP contribution < -0.4 is 5.32 Å². The molecular formula is C16H23NO3. The monoisotopic (exact) mass is 277 g/mol. The van der Waals surface area contributed by atoms with Gasteiger partial charge in [0.05, 0.1) is 12.4 Å². The third-order valence-corrected chi connectivity index (χ3v) is 4.95. The van der Waals surface area contributed by atoms with Crippen molar-refractivity contribution in [2.45, 2.75) is 57.6 Å². The first-order chi connectivity index (χ1) is 9.74. The molecule has 20 heavy (non-hydrogen) atoms. The third kappa shape index (κ3) is 2.37. The van der Waals surface area contributed by atoms with E-state index in [2.05, 4.69) is 5.32 Å². The van der Waals surface area contributed by atoms with Gasteiger partial charge in [0.25, 0.3) is 0 Å². The van der Waals surface area contributed by atoms with Gasteiger partial charge >= 0.3 is 0 Å². The topological polar surface area (TPSA) is 51.5 Å². The van der Waals surface area contributed by atoms with E-state index in [1.54, 1.807) is 6.26 Å². The standard InChI is InChI=1S/C16H23NO3/c1-2-19-14-11-13(16(14)8-4-9-16)17-15(18)7-6-12-5-3-10-20-12/h3,5,10,13-14H,2,4,6-9,11H2,1H3,(H,17,18)/t13-,14-/m0/s1. The summed E-state index contributed by atoms with van der Waals surface area (Å²) in [4.78, 5) is 12.0. The summed E-state index contributed by atoms with van der Waals surface area (Å²) in [5, 5.41) is 3.20. The first kappa shape index (κ1) is 13.7. The van der Waals surface area contributed by atoms with E-state index in [9.17, 15) is 4.79 Å². The van der Waals surface area contributed by atoms with Gasteiger partial charge in [0.15, 0.2) is 0 Å². The van der Waals surface area contributed by atoms with E-state index in [1.807, 2.05) is 19.1 Å². The molecule has 1 aromatic rings. The fourth-order valence-electron chi connectivity index (χ4n) is 3.60. The molecule has 1 heterocycles. The number of aryl methyl sites for hydroxylation is 1. The summed E-state index contributed by atoms with van der Waals surface area (Å²) in [6, 6.07) is 4.08. The number of hydrogen-bond acceptors (Lipinski definition) is 3. The Kier molecular flexibility index (Phi) is 3.83. The Bertz CT molecular complexity index is 450. The maximum Gasteiger partial charge on any atom is 0.220 e. The van der Waals surface area contributed by atoms with Crippen molar-refractivity contribution in [3.63, 3.8) is 0 Å². The molecule has 1 N–H and O–H groups in total. The zero-order valence-corrected chi connectivity index (χ0v) is 12.1. The fraction of sp³-hybridized carbons (Fsp3) is 0.688. The smallest absolute Gasteiger partial charge is 0.220 e. The largest absolute Gasteiger partial charge is 0.469 e. The maximum atomic E-state index is 12.0. The maximum absolute atomic E-state index is 12.0. The molecule has 1 aromatic heterocycles. The van der Waals surface area contributed by atoms with Crippen molar-refractivity contribution in [1.82, 2.24) is 5.32 Å². The summed E-state index contributed by atoms with van der Waals surface area (Å²) in [6.07, 6.45) is 7.81. The van der Waals surface area contributed by atoms with Gasteiger partial charge in [0, 0.05) is 30.9 Å². The van der Waals surface area contributed by atoms with Crippen molar-refractivity contribution < 1.29 is 13.9 Å². The molecule has 1 spiro atoms. The first-order valence-electron chi connectivity index (χ1n) is 7.68. The summed E-state index contributed by atoms with van der Waals surface area (Å²) in [5.41, 5.74) is 0.246. The Hall–Kier alpha value is -1.29. The van der Waals surface area contributed by atoms with Crippen LogP contribution in [0.2, 0.25) is 0 Å². The van der Waals surface area contributed by atoms with Crippen LogP contribution in [0, 0.1) is 5.41 Å². The lowest BCUT2D eigenvalue weighted by Gasteiger charge is -2.61. The number of furan rings is 1. The van der Waals surface area contributed by atoms with Crippen LogP contribution in [0.1, 0.15) is 44.8 Å². The normalized spacial score (nSPS) is 26.9. The molecule has 2 saturated carbocycles. The molecule has 3 rings (SSSR count). The highest BCUT2D eigenvalue weighted by Crippen LogP contribution is 2.57. The van der Waals surface area contributed by atoms with Crippen molar-refractivity contribution >= 4 is 5.91 Å². The molecule has 0 aromatic carbocycles. The van der Waals surface area contributed by atoms with E-state index < -0.39 is 0 Å². The minimum Gasteiger partial charge on any atom is -0.469 e. The molecule has 0 unspecified atom stereocenters. The summed E-state index contributed by atoms with van der Waals surface area (Å²) in [6.45, 7) is 2.81. The van der Waals surface area contributed by atoms with Gasteiger partial charge in [-0.25, -0.2) is 0 Å². The summed E-state index contributed by atoms with van der Waals surface area (Å²) >= 11 is 0. The first-order valence-corrected chi connectivity index (χ1v) is 7.68. The Morgan fingerprint density at radius 1 is 1.55 bits per heavy atom. The highest BCUT2D eigenvalue weighted by atomic mass is 16.5. The molecule has 110 valence electrons. The number of carbonyl (C=O) groups excluding carboxylic acids is 1. The lowest BCUT2D eigenvalue weighted by Crippen LogP contribution is -2.67. The second-order valence-corrected chi connectivity index (χ2v) is 5.97. The van der Waals surface area contributed by atoms with Crippen molar-refractivity contribution in [3.05, 3.63) is 24.2 Å². The number of carbonyl (C=O) groups is 1. The predicted molar refractivity (Wildman–Crippen MR) is 75.3 cm³/mol. The second kappa shape index (κ2) is 5.60. The molecule has 1 amide bonds. The van der Waals surface area contributed by atoms with Gasteiger partial charge in [0.1, 0.15) is 5.76 Å². The second-order valence-electron chi connectivity index (χ2n) is 5.97. The Morgan fingerprint density at radius 3 is 3.00 bits per heavy atom. The molecule has 2 aliphatic rings. The molecule has 4 heteroatoms. The molecule has 0 bridgehead atoms. The zero-order valence-electron chi connectivity index (χ0n) is 12.1.